The quantitative estimate of drug-likeness (QED) is 0.261. The highest BCUT2D eigenvalue weighted by molar-refractivity contribution is 5.86. The Morgan fingerprint density at radius 1 is 1.64 bits per heavy atom. The van der Waals surface area contributed by atoms with E-state index in [-0.39, 0.29) is 12.6 Å². The van der Waals surface area contributed by atoms with Crippen molar-refractivity contribution in [1.82, 2.24) is 0 Å². The number of carbonyl (C=O) groups excluding carboxylic acids is 1. The van der Waals surface area contributed by atoms with Crippen molar-refractivity contribution in [2.45, 2.75) is 13.8 Å². The van der Waals surface area contributed by atoms with Crippen molar-refractivity contribution >= 4 is 12.6 Å². The zero-order valence-corrected chi connectivity index (χ0v) is 7.09. The molecule has 0 aromatic rings. The summed E-state index contributed by atoms with van der Waals surface area (Å²) in [5.41, 5.74) is 0.472. The van der Waals surface area contributed by atoms with Crippen LogP contribution in [0.4, 0.5) is 0 Å². The number of hydrogen-bond acceptors (Lipinski definition) is 2. The molecule has 0 bridgehead atoms. The third-order valence-electron chi connectivity index (χ3n) is 1.10. The van der Waals surface area contributed by atoms with Crippen LogP contribution in [-0.2, 0) is 9.53 Å². The van der Waals surface area contributed by atoms with E-state index in [2.05, 4.69) is 13.3 Å². The molecule has 62 valence electrons. The van der Waals surface area contributed by atoms with Gasteiger partial charge in [-0.15, -0.1) is 4.58 Å². The SMILES string of the molecule is C=C(C)C(=O)[N+](=C)COCC. The van der Waals surface area contributed by atoms with Gasteiger partial charge in [-0.2, -0.15) is 0 Å². The Labute approximate surface area is 67.0 Å². The van der Waals surface area contributed by atoms with Gasteiger partial charge in [0.1, 0.15) is 6.72 Å². The Kier molecular flexibility index (Phi) is 4.38. The van der Waals surface area contributed by atoms with E-state index in [9.17, 15) is 4.79 Å². The van der Waals surface area contributed by atoms with Crippen molar-refractivity contribution in [3.63, 3.8) is 0 Å². The van der Waals surface area contributed by atoms with Crippen LogP contribution in [0.25, 0.3) is 0 Å². The molecule has 0 rings (SSSR count). The Balaban J connectivity index is 3.84. The van der Waals surface area contributed by atoms with Crippen molar-refractivity contribution in [3.05, 3.63) is 12.2 Å². The van der Waals surface area contributed by atoms with Crippen molar-refractivity contribution in [2.75, 3.05) is 13.3 Å². The van der Waals surface area contributed by atoms with Gasteiger partial charge in [-0.1, -0.05) is 6.58 Å². The lowest BCUT2D eigenvalue weighted by Gasteiger charge is -1.97. The number of rotatable bonds is 4. The van der Waals surface area contributed by atoms with E-state index < -0.39 is 0 Å². The number of nitrogens with zero attached hydrogens (tertiary/aromatic N) is 1. The summed E-state index contributed by atoms with van der Waals surface area (Å²) >= 11 is 0. The maximum absolute atomic E-state index is 11.0. The summed E-state index contributed by atoms with van der Waals surface area (Å²) in [6.07, 6.45) is 0. The maximum Gasteiger partial charge on any atom is 0.415 e. The maximum atomic E-state index is 11.0. The third kappa shape index (κ3) is 3.68. The molecule has 11 heavy (non-hydrogen) atoms. The van der Waals surface area contributed by atoms with Gasteiger partial charge in [0.05, 0.1) is 12.2 Å². The molecule has 0 radical (unpaired) electrons. The van der Waals surface area contributed by atoms with E-state index >= 15 is 0 Å². The van der Waals surface area contributed by atoms with Gasteiger partial charge in [0.25, 0.3) is 6.73 Å². The Morgan fingerprint density at radius 3 is 2.55 bits per heavy atom. The van der Waals surface area contributed by atoms with Crippen LogP contribution in [0.5, 0.6) is 0 Å². The van der Waals surface area contributed by atoms with Crippen LogP contribution in [0.3, 0.4) is 0 Å². The van der Waals surface area contributed by atoms with Gasteiger partial charge in [-0.3, -0.25) is 0 Å². The van der Waals surface area contributed by atoms with Gasteiger partial charge < -0.3 is 4.74 Å². The summed E-state index contributed by atoms with van der Waals surface area (Å²) in [7, 11) is 0. The lowest BCUT2D eigenvalue weighted by atomic mass is 10.3. The van der Waals surface area contributed by atoms with Crippen molar-refractivity contribution < 1.29 is 14.1 Å². The Bertz CT molecular complexity index is 185. The van der Waals surface area contributed by atoms with Crippen LogP contribution in [0.1, 0.15) is 13.8 Å². The molecule has 0 fully saturated rings. The fourth-order valence-corrected chi connectivity index (χ4v) is 0.530. The fourth-order valence-electron chi connectivity index (χ4n) is 0.530. The van der Waals surface area contributed by atoms with Crippen LogP contribution >= 0.6 is 0 Å². The Morgan fingerprint density at radius 2 is 2.18 bits per heavy atom. The number of hydrogen-bond donors (Lipinski definition) is 0. The normalized spacial score (nSPS) is 9.27. The lowest BCUT2D eigenvalue weighted by Crippen LogP contribution is -2.22. The summed E-state index contributed by atoms with van der Waals surface area (Å²) < 4.78 is 6.21. The van der Waals surface area contributed by atoms with Crippen molar-refractivity contribution in [3.8, 4) is 0 Å². The van der Waals surface area contributed by atoms with Gasteiger partial charge in [0.2, 0.25) is 0 Å². The fraction of sp³-hybridized carbons (Fsp3) is 0.500. The predicted octanol–water partition coefficient (Wildman–Crippen LogP) is 0.796. The van der Waals surface area contributed by atoms with Crippen LogP contribution in [0.15, 0.2) is 12.2 Å². The first-order valence-corrected chi connectivity index (χ1v) is 3.45. The van der Waals surface area contributed by atoms with E-state index in [1.165, 1.54) is 4.58 Å². The summed E-state index contributed by atoms with van der Waals surface area (Å²) in [6.45, 7) is 11.3. The average Bonchev–Trinajstić information content (AvgIpc) is 1.98. The van der Waals surface area contributed by atoms with Gasteiger partial charge >= 0.3 is 5.91 Å². The molecule has 0 aliphatic rings. The van der Waals surface area contributed by atoms with Gasteiger partial charge in [-0.25, -0.2) is 4.79 Å². The molecule has 3 heteroatoms. The second-order valence-electron chi connectivity index (χ2n) is 2.25. The monoisotopic (exact) mass is 156 g/mol. The zero-order chi connectivity index (χ0) is 8.85. The predicted molar refractivity (Wildman–Crippen MR) is 43.7 cm³/mol. The highest BCUT2D eigenvalue weighted by Gasteiger charge is 2.14. The number of carbonyl (C=O) groups is 1. The first-order chi connectivity index (χ1) is 5.09. The van der Waals surface area contributed by atoms with Crippen LogP contribution in [0.2, 0.25) is 0 Å². The number of amides is 1. The van der Waals surface area contributed by atoms with Crippen LogP contribution in [0, 0.1) is 0 Å². The second-order valence-corrected chi connectivity index (χ2v) is 2.25. The average molecular weight is 156 g/mol. The smallest absolute Gasteiger partial charge is 0.323 e. The summed E-state index contributed by atoms with van der Waals surface area (Å²) in [4.78, 5) is 11.0. The molecule has 0 saturated heterocycles. The molecule has 0 aliphatic carbocycles. The highest BCUT2D eigenvalue weighted by Crippen LogP contribution is 1.90. The number of ether oxygens (including phenoxy) is 1. The molecule has 0 spiro atoms. The highest BCUT2D eigenvalue weighted by atomic mass is 16.5. The topological polar surface area (TPSA) is 29.3 Å². The molecule has 0 unspecified atom stereocenters. The van der Waals surface area contributed by atoms with Gasteiger partial charge in [-0.05, 0) is 13.8 Å². The van der Waals surface area contributed by atoms with Crippen LogP contribution in [-0.4, -0.2) is 30.5 Å². The third-order valence-corrected chi connectivity index (χ3v) is 1.10. The molecule has 0 aliphatic heterocycles. The molecule has 1 amide bonds. The largest absolute Gasteiger partial charge is 0.415 e. The molecule has 0 heterocycles. The lowest BCUT2D eigenvalue weighted by molar-refractivity contribution is -0.483. The molecular formula is C8H14NO2+. The second kappa shape index (κ2) is 4.79. The van der Waals surface area contributed by atoms with E-state index in [0.717, 1.165) is 0 Å². The van der Waals surface area contributed by atoms with E-state index in [0.29, 0.717) is 12.2 Å². The summed E-state index contributed by atoms with van der Waals surface area (Å²) in [5, 5.41) is 0. The minimum Gasteiger partial charge on any atom is -0.323 e. The standard InChI is InChI=1S/C8H14NO2/c1-5-11-6-9(4)8(10)7(2)3/h2,4-6H2,1,3H3/q+1. The molecule has 0 atom stereocenters. The van der Waals surface area contributed by atoms with Gasteiger partial charge in [0, 0.05) is 0 Å². The van der Waals surface area contributed by atoms with Crippen LogP contribution < -0.4 is 0 Å². The zero-order valence-electron chi connectivity index (χ0n) is 7.09. The molecule has 0 aromatic heterocycles. The first kappa shape index (κ1) is 10.0. The minimum atomic E-state index is -0.182. The molecule has 0 saturated carbocycles. The van der Waals surface area contributed by atoms with Gasteiger partial charge in [0.15, 0.2) is 0 Å². The van der Waals surface area contributed by atoms with E-state index in [1.54, 1.807) is 6.92 Å². The van der Waals surface area contributed by atoms with Crippen molar-refractivity contribution in [2.24, 2.45) is 0 Å². The van der Waals surface area contributed by atoms with E-state index in [1.807, 2.05) is 6.92 Å². The summed E-state index contributed by atoms with van der Waals surface area (Å²) in [6, 6.07) is 0. The first-order valence-electron chi connectivity index (χ1n) is 3.45. The molecule has 3 nitrogen and oxygen atoms in total. The van der Waals surface area contributed by atoms with E-state index in [4.69, 9.17) is 4.74 Å². The Hall–Kier alpha value is -0.960. The molecular weight excluding hydrogens is 142 g/mol. The summed E-state index contributed by atoms with van der Waals surface area (Å²) in [5.74, 6) is -0.182. The minimum absolute atomic E-state index is 0.182. The molecule has 0 N–H and O–H groups in total. The van der Waals surface area contributed by atoms with Crippen molar-refractivity contribution in [1.29, 1.82) is 0 Å². The molecule has 0 aromatic carbocycles.